The van der Waals surface area contributed by atoms with Crippen LogP contribution in [0, 0.1) is 0 Å². The van der Waals surface area contributed by atoms with Crippen molar-refractivity contribution in [3.8, 4) is 5.75 Å². The van der Waals surface area contributed by atoms with E-state index in [9.17, 15) is 0 Å². The van der Waals surface area contributed by atoms with E-state index in [1.54, 1.807) is 0 Å². The fourth-order valence-electron chi connectivity index (χ4n) is 3.38. The van der Waals surface area contributed by atoms with Crippen LogP contribution in [0.3, 0.4) is 0 Å². The summed E-state index contributed by atoms with van der Waals surface area (Å²) in [5, 5.41) is 3.73. The molecule has 2 atom stereocenters. The van der Waals surface area contributed by atoms with Crippen LogP contribution >= 0.6 is 0 Å². The van der Waals surface area contributed by atoms with Gasteiger partial charge in [-0.2, -0.15) is 0 Å². The Balaban J connectivity index is 1.72. The molecule has 1 saturated heterocycles. The summed E-state index contributed by atoms with van der Waals surface area (Å²) in [5.41, 5.74) is 1.13. The van der Waals surface area contributed by atoms with Crippen LogP contribution in [0.15, 0.2) is 24.3 Å². The molecule has 0 bridgehead atoms. The van der Waals surface area contributed by atoms with Crippen LogP contribution in [0.4, 0.5) is 0 Å². The summed E-state index contributed by atoms with van der Waals surface area (Å²) in [6.45, 7) is 6.61. The predicted molar refractivity (Wildman–Crippen MR) is 77.5 cm³/mol. The maximum absolute atomic E-state index is 6.07. The summed E-state index contributed by atoms with van der Waals surface area (Å²) < 4.78 is 6.07. The quantitative estimate of drug-likeness (QED) is 0.904. The molecule has 0 saturated carbocycles. The summed E-state index contributed by atoms with van der Waals surface area (Å²) in [7, 11) is 2.23. The molecule has 3 nitrogen and oxygen atoms in total. The van der Waals surface area contributed by atoms with E-state index in [0.717, 1.165) is 12.3 Å². The highest BCUT2D eigenvalue weighted by Crippen LogP contribution is 2.42. The Morgan fingerprint density at radius 1 is 1.37 bits per heavy atom. The van der Waals surface area contributed by atoms with Crippen molar-refractivity contribution < 1.29 is 4.74 Å². The number of hydrogen-bond donors (Lipinski definition) is 1. The van der Waals surface area contributed by atoms with Crippen molar-refractivity contribution in [2.75, 3.05) is 20.1 Å². The van der Waals surface area contributed by atoms with E-state index in [1.807, 2.05) is 6.07 Å². The van der Waals surface area contributed by atoms with E-state index in [0.29, 0.717) is 6.04 Å². The minimum Gasteiger partial charge on any atom is -0.486 e. The predicted octanol–water partition coefficient (Wildman–Crippen LogP) is 2.58. The lowest BCUT2D eigenvalue weighted by Gasteiger charge is -2.29. The number of likely N-dealkylation sites (tertiary alicyclic amines) is 1. The Morgan fingerprint density at radius 2 is 2.16 bits per heavy atom. The van der Waals surface area contributed by atoms with Gasteiger partial charge < -0.3 is 15.0 Å². The molecule has 1 N–H and O–H groups in total. The van der Waals surface area contributed by atoms with Crippen molar-refractivity contribution in [2.45, 2.75) is 44.4 Å². The smallest absolute Gasteiger partial charge is 0.125 e. The molecule has 0 aliphatic carbocycles. The highest BCUT2D eigenvalue weighted by atomic mass is 16.5. The molecule has 0 spiro atoms. The molecule has 0 radical (unpaired) electrons. The van der Waals surface area contributed by atoms with Crippen LogP contribution < -0.4 is 10.1 Å². The summed E-state index contributed by atoms with van der Waals surface area (Å²) in [4.78, 5) is 2.46. The number of hydrogen-bond acceptors (Lipinski definition) is 3. The van der Waals surface area contributed by atoms with Crippen molar-refractivity contribution in [1.29, 1.82) is 0 Å². The van der Waals surface area contributed by atoms with Crippen LogP contribution in [-0.2, 0) is 0 Å². The van der Waals surface area contributed by atoms with E-state index < -0.39 is 0 Å². The zero-order valence-corrected chi connectivity index (χ0v) is 12.1. The van der Waals surface area contributed by atoms with E-state index in [1.165, 1.54) is 24.9 Å². The number of fused-ring (bicyclic) bond motifs is 1. The highest BCUT2D eigenvalue weighted by molar-refractivity contribution is 5.42. The fourth-order valence-corrected chi connectivity index (χ4v) is 3.38. The Labute approximate surface area is 115 Å². The number of nitrogens with one attached hydrogen (secondary N) is 1. The zero-order valence-electron chi connectivity index (χ0n) is 12.1. The Hall–Kier alpha value is -1.06. The van der Waals surface area contributed by atoms with Gasteiger partial charge in [0.2, 0.25) is 0 Å². The lowest BCUT2D eigenvalue weighted by Crippen LogP contribution is -2.44. The first-order valence-corrected chi connectivity index (χ1v) is 7.29. The van der Waals surface area contributed by atoms with Crippen LogP contribution in [0.2, 0.25) is 0 Å². The minimum atomic E-state index is -0.166. The van der Waals surface area contributed by atoms with Crippen LogP contribution in [0.25, 0.3) is 0 Å². The Bertz CT molecular complexity index is 458. The van der Waals surface area contributed by atoms with Gasteiger partial charge in [-0.15, -0.1) is 0 Å². The third-order valence-corrected chi connectivity index (χ3v) is 4.53. The van der Waals surface area contributed by atoms with Gasteiger partial charge in [0.25, 0.3) is 0 Å². The second kappa shape index (κ2) is 4.80. The number of likely N-dealkylation sites (N-methyl/N-ethyl adjacent to an activating group) is 1. The molecule has 0 aromatic heterocycles. The first-order chi connectivity index (χ1) is 9.08. The summed E-state index contributed by atoms with van der Waals surface area (Å²) >= 11 is 0. The van der Waals surface area contributed by atoms with Gasteiger partial charge in [0, 0.05) is 18.2 Å². The SMILES string of the molecule is CN1CCCC1CNC1c2ccccc2OC1(C)C. The standard InChI is InChI=1S/C16H24N2O/c1-16(2)15(13-8-4-5-9-14(13)19-16)17-11-12-7-6-10-18(12)3/h4-5,8-9,12,15,17H,6-7,10-11H2,1-3H3. The van der Waals surface area contributed by atoms with Crippen molar-refractivity contribution in [3.05, 3.63) is 29.8 Å². The number of para-hydroxylation sites is 1. The molecule has 0 amide bonds. The van der Waals surface area contributed by atoms with Gasteiger partial charge in [-0.25, -0.2) is 0 Å². The Morgan fingerprint density at radius 3 is 2.89 bits per heavy atom. The fraction of sp³-hybridized carbons (Fsp3) is 0.625. The van der Waals surface area contributed by atoms with Crippen molar-refractivity contribution in [3.63, 3.8) is 0 Å². The maximum Gasteiger partial charge on any atom is 0.125 e. The lowest BCUT2D eigenvalue weighted by atomic mass is 9.94. The summed E-state index contributed by atoms with van der Waals surface area (Å²) in [6, 6.07) is 9.35. The van der Waals surface area contributed by atoms with E-state index in [-0.39, 0.29) is 11.6 Å². The molecule has 2 aliphatic rings. The molecule has 1 fully saturated rings. The zero-order chi connectivity index (χ0) is 13.5. The number of ether oxygens (including phenoxy) is 1. The molecular formula is C16H24N2O. The average molecular weight is 260 g/mol. The molecule has 3 heteroatoms. The van der Waals surface area contributed by atoms with Gasteiger partial charge in [0.05, 0.1) is 6.04 Å². The highest BCUT2D eigenvalue weighted by Gasteiger charge is 2.41. The van der Waals surface area contributed by atoms with Gasteiger partial charge in [-0.1, -0.05) is 18.2 Å². The molecule has 1 aromatic carbocycles. The number of nitrogens with zero attached hydrogens (tertiary/aromatic N) is 1. The number of benzene rings is 1. The monoisotopic (exact) mass is 260 g/mol. The molecular weight excluding hydrogens is 236 g/mol. The van der Waals surface area contributed by atoms with Crippen LogP contribution in [0.1, 0.15) is 38.3 Å². The van der Waals surface area contributed by atoms with Crippen molar-refractivity contribution >= 4 is 0 Å². The largest absolute Gasteiger partial charge is 0.486 e. The molecule has 1 aromatic rings. The molecule has 19 heavy (non-hydrogen) atoms. The van der Waals surface area contributed by atoms with Gasteiger partial charge in [0.15, 0.2) is 0 Å². The van der Waals surface area contributed by atoms with Gasteiger partial charge in [-0.05, 0) is 46.3 Å². The van der Waals surface area contributed by atoms with Crippen LogP contribution in [-0.4, -0.2) is 36.7 Å². The second-order valence-corrected chi connectivity index (χ2v) is 6.36. The third-order valence-electron chi connectivity index (χ3n) is 4.53. The first kappa shape index (κ1) is 12.9. The molecule has 104 valence electrons. The van der Waals surface area contributed by atoms with Gasteiger partial charge in [-0.3, -0.25) is 0 Å². The maximum atomic E-state index is 6.07. The van der Waals surface area contributed by atoms with E-state index >= 15 is 0 Å². The number of rotatable bonds is 3. The molecule has 2 heterocycles. The molecule has 3 rings (SSSR count). The summed E-state index contributed by atoms with van der Waals surface area (Å²) in [5.74, 6) is 1.03. The Kier molecular flexibility index (Phi) is 3.27. The van der Waals surface area contributed by atoms with Gasteiger partial charge in [0.1, 0.15) is 11.4 Å². The third kappa shape index (κ3) is 2.37. The minimum absolute atomic E-state index is 0.166. The normalized spacial score (nSPS) is 29.2. The summed E-state index contributed by atoms with van der Waals surface area (Å²) in [6.07, 6.45) is 2.63. The molecule has 2 aliphatic heterocycles. The molecule has 2 unspecified atom stereocenters. The van der Waals surface area contributed by atoms with E-state index in [2.05, 4.69) is 49.3 Å². The lowest BCUT2D eigenvalue weighted by molar-refractivity contribution is 0.0934. The van der Waals surface area contributed by atoms with Crippen molar-refractivity contribution in [2.24, 2.45) is 0 Å². The topological polar surface area (TPSA) is 24.5 Å². The van der Waals surface area contributed by atoms with Crippen LogP contribution in [0.5, 0.6) is 5.75 Å². The van der Waals surface area contributed by atoms with Crippen molar-refractivity contribution in [1.82, 2.24) is 10.2 Å². The second-order valence-electron chi connectivity index (χ2n) is 6.36. The van der Waals surface area contributed by atoms with Gasteiger partial charge >= 0.3 is 0 Å². The van der Waals surface area contributed by atoms with E-state index in [4.69, 9.17) is 4.74 Å². The average Bonchev–Trinajstić information content (AvgIpc) is 2.87. The first-order valence-electron chi connectivity index (χ1n) is 7.29.